The lowest BCUT2D eigenvalue weighted by Gasteiger charge is -2.46. The maximum absolute atomic E-state index is 13.3. The number of aliphatic hydroxyl groups is 2. The van der Waals surface area contributed by atoms with Crippen molar-refractivity contribution < 1.29 is 10.2 Å². The Labute approximate surface area is 205 Å². The van der Waals surface area contributed by atoms with Gasteiger partial charge in [-0.1, -0.05) is 61.7 Å². The first kappa shape index (κ1) is 22.4. The Morgan fingerprint density at radius 1 is 0.971 bits per heavy atom. The molecule has 35 heavy (non-hydrogen) atoms. The summed E-state index contributed by atoms with van der Waals surface area (Å²) in [4.78, 5) is 15.5. The normalized spacial score (nSPS) is 28.3. The summed E-state index contributed by atoms with van der Waals surface area (Å²) in [5.41, 5.74) is 5.38. The third-order valence-corrected chi connectivity index (χ3v) is 8.68. The third kappa shape index (κ3) is 3.20. The number of anilines is 1. The van der Waals surface area contributed by atoms with Crippen molar-refractivity contribution in [1.82, 2.24) is 9.78 Å². The Kier molecular flexibility index (Phi) is 5.27. The average Bonchev–Trinajstić information content (AvgIpc) is 3.30. The van der Waals surface area contributed by atoms with E-state index in [1.165, 1.54) is 40.9 Å². The predicted molar refractivity (Wildman–Crippen MR) is 137 cm³/mol. The van der Waals surface area contributed by atoms with E-state index >= 15 is 0 Å². The summed E-state index contributed by atoms with van der Waals surface area (Å²) >= 11 is 0. The minimum atomic E-state index is -0.818. The second-order valence-corrected chi connectivity index (χ2v) is 10.5. The van der Waals surface area contributed by atoms with E-state index in [0.717, 1.165) is 18.5 Å². The van der Waals surface area contributed by atoms with E-state index in [1.54, 1.807) is 0 Å². The number of aromatic amines is 1. The van der Waals surface area contributed by atoms with Gasteiger partial charge in [0.2, 0.25) is 0 Å². The number of aromatic nitrogens is 2. The van der Waals surface area contributed by atoms with Crippen LogP contribution in [0.1, 0.15) is 54.8 Å². The van der Waals surface area contributed by atoms with Gasteiger partial charge in [0.25, 0.3) is 5.56 Å². The van der Waals surface area contributed by atoms with Crippen molar-refractivity contribution in [1.29, 1.82) is 0 Å². The molecule has 1 aliphatic heterocycles. The molecule has 1 aromatic heterocycles. The van der Waals surface area contributed by atoms with Gasteiger partial charge in [0.05, 0.1) is 17.9 Å². The van der Waals surface area contributed by atoms with Crippen LogP contribution in [0.3, 0.4) is 0 Å². The lowest BCUT2D eigenvalue weighted by Crippen LogP contribution is -2.54. The highest BCUT2D eigenvalue weighted by atomic mass is 16.3. The summed E-state index contributed by atoms with van der Waals surface area (Å²) in [6, 6.07) is 18.0. The fourth-order valence-corrected chi connectivity index (χ4v) is 6.88. The molecule has 0 bridgehead atoms. The molecule has 0 radical (unpaired) electrons. The van der Waals surface area contributed by atoms with E-state index in [1.807, 2.05) is 37.3 Å². The van der Waals surface area contributed by atoms with Crippen LogP contribution in [-0.4, -0.2) is 39.2 Å². The van der Waals surface area contributed by atoms with Crippen molar-refractivity contribution in [3.05, 3.63) is 93.5 Å². The third-order valence-electron chi connectivity index (χ3n) is 8.68. The van der Waals surface area contributed by atoms with E-state index in [-0.39, 0.29) is 11.0 Å². The van der Waals surface area contributed by atoms with Gasteiger partial charge in [0.1, 0.15) is 0 Å². The highest BCUT2D eigenvalue weighted by Gasteiger charge is 2.53. The van der Waals surface area contributed by atoms with Crippen molar-refractivity contribution >= 4 is 5.69 Å². The number of para-hydroxylation sites is 2. The van der Waals surface area contributed by atoms with Gasteiger partial charge in [-0.2, -0.15) is 0 Å². The average molecular weight is 472 g/mol. The van der Waals surface area contributed by atoms with Gasteiger partial charge in [0, 0.05) is 46.9 Å². The molecule has 182 valence electrons. The summed E-state index contributed by atoms with van der Waals surface area (Å²) in [5, 5.41) is 25.7. The molecule has 2 heterocycles. The molecule has 0 amide bonds. The van der Waals surface area contributed by atoms with Crippen LogP contribution in [0, 0.1) is 12.8 Å². The van der Waals surface area contributed by atoms with Gasteiger partial charge in [0.15, 0.2) is 0 Å². The van der Waals surface area contributed by atoms with E-state index in [9.17, 15) is 15.0 Å². The maximum atomic E-state index is 13.3. The molecular weight excluding hydrogens is 438 g/mol. The fraction of sp³-hybridized carbons (Fsp3) is 0.414. The summed E-state index contributed by atoms with van der Waals surface area (Å²) in [6.45, 7) is 1.83. The molecule has 3 aromatic rings. The van der Waals surface area contributed by atoms with Crippen molar-refractivity contribution in [3.8, 4) is 5.69 Å². The number of fused-ring (bicyclic) bond motifs is 2. The van der Waals surface area contributed by atoms with Gasteiger partial charge in [-0.05, 0) is 43.5 Å². The standard InChI is InChI=1S/C29H33N3O3/c1-18-24(28(35)32(30-18)19-11-5-3-6-12-19)25-26(33)20(27(25)34)17-23-29(15-9-4-10-16-29)21-13-7-8-14-22(21)31(23)2/h3,5-8,11-14,17,20,25-27,30,33-34H,4,9-10,15-16H2,1-2H3. The van der Waals surface area contributed by atoms with Gasteiger partial charge in [-0.15, -0.1) is 0 Å². The minimum Gasteiger partial charge on any atom is -0.392 e. The van der Waals surface area contributed by atoms with Crippen LogP contribution >= 0.6 is 0 Å². The van der Waals surface area contributed by atoms with Crippen molar-refractivity contribution in [2.24, 2.45) is 5.92 Å². The lowest BCUT2D eigenvalue weighted by atomic mass is 9.63. The number of benzene rings is 2. The van der Waals surface area contributed by atoms with Crippen LogP contribution in [-0.2, 0) is 5.41 Å². The Morgan fingerprint density at radius 3 is 2.34 bits per heavy atom. The largest absolute Gasteiger partial charge is 0.392 e. The minimum absolute atomic E-state index is 0.0574. The van der Waals surface area contributed by atoms with E-state index in [4.69, 9.17) is 0 Å². The molecule has 2 fully saturated rings. The molecule has 1 spiro atoms. The molecule has 2 aromatic carbocycles. The molecule has 6 heteroatoms. The number of likely N-dealkylation sites (N-methyl/N-ethyl adjacent to an activating group) is 1. The topological polar surface area (TPSA) is 81.5 Å². The maximum Gasteiger partial charge on any atom is 0.275 e. The van der Waals surface area contributed by atoms with Gasteiger partial charge in [-0.3, -0.25) is 9.89 Å². The Bertz CT molecular complexity index is 1320. The predicted octanol–water partition coefficient (Wildman–Crippen LogP) is 4.15. The monoisotopic (exact) mass is 471 g/mol. The second-order valence-electron chi connectivity index (χ2n) is 10.5. The number of nitrogens with one attached hydrogen (secondary N) is 1. The van der Waals surface area contributed by atoms with Crippen molar-refractivity contribution in [2.45, 2.75) is 62.6 Å². The fourth-order valence-electron chi connectivity index (χ4n) is 6.88. The summed E-state index contributed by atoms with van der Waals surface area (Å²) in [6.07, 6.45) is 6.25. The van der Waals surface area contributed by atoms with Gasteiger partial charge >= 0.3 is 0 Å². The Balaban J connectivity index is 1.35. The highest BCUT2D eigenvalue weighted by Crippen LogP contribution is 2.56. The molecule has 3 N–H and O–H groups in total. The zero-order chi connectivity index (χ0) is 24.3. The molecular formula is C29H33N3O3. The number of allylic oxidation sites excluding steroid dienone is 1. The van der Waals surface area contributed by atoms with E-state index in [2.05, 4.69) is 47.4 Å². The van der Waals surface area contributed by atoms with Crippen molar-refractivity contribution in [2.75, 3.05) is 11.9 Å². The van der Waals surface area contributed by atoms with Crippen LogP contribution in [0.2, 0.25) is 0 Å². The number of rotatable bonds is 3. The number of nitrogens with zero attached hydrogens (tertiary/aromatic N) is 2. The number of hydrogen-bond acceptors (Lipinski definition) is 4. The number of hydrogen-bond donors (Lipinski definition) is 3. The van der Waals surface area contributed by atoms with Crippen LogP contribution in [0.15, 0.2) is 71.2 Å². The quantitative estimate of drug-likeness (QED) is 0.536. The Morgan fingerprint density at radius 2 is 1.63 bits per heavy atom. The number of aryl methyl sites for hydroxylation is 1. The van der Waals surface area contributed by atoms with Crippen LogP contribution in [0.25, 0.3) is 5.69 Å². The zero-order valence-electron chi connectivity index (χ0n) is 20.3. The zero-order valence-corrected chi connectivity index (χ0v) is 20.3. The molecule has 6 rings (SSSR count). The van der Waals surface area contributed by atoms with Crippen LogP contribution < -0.4 is 10.5 Å². The molecule has 6 nitrogen and oxygen atoms in total. The molecule has 2 atom stereocenters. The SMILES string of the molecule is Cc1[nH]n(-c2ccccc2)c(=O)c1C1C(O)C(C=C2N(C)c3ccccc3C23CCCCC3)C1O. The first-order valence-corrected chi connectivity index (χ1v) is 12.7. The first-order chi connectivity index (χ1) is 16.9. The molecule has 2 aliphatic carbocycles. The van der Waals surface area contributed by atoms with Crippen LogP contribution in [0.4, 0.5) is 5.69 Å². The lowest BCUT2D eigenvalue weighted by molar-refractivity contribution is -0.0953. The number of aliphatic hydroxyl groups excluding tert-OH is 2. The van der Waals surface area contributed by atoms with Gasteiger partial charge < -0.3 is 15.1 Å². The second kappa shape index (κ2) is 8.25. The summed E-state index contributed by atoms with van der Waals surface area (Å²) in [7, 11) is 2.10. The highest BCUT2D eigenvalue weighted by molar-refractivity contribution is 5.70. The molecule has 2 unspecified atom stereocenters. The molecule has 3 aliphatic rings. The Hall–Kier alpha value is -3.09. The molecule has 0 saturated heterocycles. The first-order valence-electron chi connectivity index (χ1n) is 12.7. The number of H-pyrrole nitrogens is 1. The molecule has 2 saturated carbocycles. The smallest absolute Gasteiger partial charge is 0.275 e. The van der Waals surface area contributed by atoms with Crippen LogP contribution in [0.5, 0.6) is 0 Å². The van der Waals surface area contributed by atoms with E-state index < -0.39 is 24.0 Å². The van der Waals surface area contributed by atoms with E-state index in [0.29, 0.717) is 11.3 Å². The summed E-state index contributed by atoms with van der Waals surface area (Å²) in [5.74, 6) is -1.02. The summed E-state index contributed by atoms with van der Waals surface area (Å²) < 4.78 is 1.49. The van der Waals surface area contributed by atoms with Gasteiger partial charge in [-0.25, -0.2) is 4.68 Å². The van der Waals surface area contributed by atoms with Crippen molar-refractivity contribution in [3.63, 3.8) is 0 Å².